The summed E-state index contributed by atoms with van der Waals surface area (Å²) in [4.78, 5) is 15.2. The summed E-state index contributed by atoms with van der Waals surface area (Å²) in [6.45, 7) is 2.92. The molecular formula is C25H26F2N4O2. The second-order valence-electron chi connectivity index (χ2n) is 8.31. The summed E-state index contributed by atoms with van der Waals surface area (Å²) in [7, 11) is 0. The fourth-order valence-corrected chi connectivity index (χ4v) is 4.16. The number of fused-ring (bicyclic) bond motifs is 1. The van der Waals surface area contributed by atoms with Gasteiger partial charge in [0.2, 0.25) is 0 Å². The molecular weight excluding hydrogens is 426 g/mol. The molecule has 0 saturated carbocycles. The number of aliphatic carboxylic acids is 1. The lowest BCUT2D eigenvalue weighted by Crippen LogP contribution is -2.45. The number of hydrogen-bond acceptors (Lipinski definition) is 5. The minimum Gasteiger partial charge on any atom is -0.481 e. The highest BCUT2D eigenvalue weighted by atomic mass is 19.1. The number of anilines is 2. The number of nitrogens with one attached hydrogen (secondary N) is 3. The van der Waals surface area contributed by atoms with Crippen molar-refractivity contribution >= 4 is 17.5 Å². The first-order valence-electron chi connectivity index (χ1n) is 10.8. The van der Waals surface area contributed by atoms with Crippen LogP contribution >= 0.6 is 0 Å². The lowest BCUT2D eigenvalue weighted by molar-refractivity contribution is -0.136. The van der Waals surface area contributed by atoms with Crippen LogP contribution in [0.2, 0.25) is 0 Å². The molecule has 33 heavy (non-hydrogen) atoms. The van der Waals surface area contributed by atoms with Gasteiger partial charge in [-0.15, -0.1) is 0 Å². The Morgan fingerprint density at radius 3 is 2.76 bits per heavy atom. The molecule has 0 spiro atoms. The number of carboxylic acid groups (broad SMARTS) is 1. The van der Waals surface area contributed by atoms with Crippen LogP contribution in [-0.2, 0) is 11.2 Å². The van der Waals surface area contributed by atoms with E-state index >= 15 is 0 Å². The van der Waals surface area contributed by atoms with Gasteiger partial charge in [0.05, 0.1) is 30.4 Å². The summed E-state index contributed by atoms with van der Waals surface area (Å²) in [6, 6.07) is 15.5. The SMILES string of the molecule is C[C@H](CN[C@H](c1ccccc1)[C@H]1CNc2cc(F)cnc2N1)c1cc(CC(=O)O)ccc1F. The van der Waals surface area contributed by atoms with Crippen molar-refractivity contribution in [3.8, 4) is 0 Å². The normalized spacial score (nSPS) is 16.8. The third-order valence-electron chi connectivity index (χ3n) is 5.84. The average molecular weight is 453 g/mol. The fraction of sp³-hybridized carbons (Fsp3) is 0.280. The van der Waals surface area contributed by atoms with Crippen molar-refractivity contribution < 1.29 is 18.7 Å². The van der Waals surface area contributed by atoms with Gasteiger partial charge in [-0.1, -0.05) is 49.4 Å². The van der Waals surface area contributed by atoms with Crippen molar-refractivity contribution in [3.05, 3.63) is 89.1 Å². The number of benzene rings is 2. The third kappa shape index (κ3) is 5.46. The number of nitrogens with zero attached hydrogens (tertiary/aromatic N) is 1. The lowest BCUT2D eigenvalue weighted by Gasteiger charge is -2.35. The minimum absolute atomic E-state index is 0.0896. The molecule has 0 aliphatic carbocycles. The van der Waals surface area contributed by atoms with Crippen molar-refractivity contribution in [2.75, 3.05) is 23.7 Å². The van der Waals surface area contributed by atoms with E-state index in [1.165, 1.54) is 24.4 Å². The van der Waals surface area contributed by atoms with E-state index in [-0.39, 0.29) is 30.2 Å². The summed E-state index contributed by atoms with van der Waals surface area (Å²) in [5, 5.41) is 19.2. The van der Waals surface area contributed by atoms with Crippen molar-refractivity contribution in [1.82, 2.24) is 10.3 Å². The molecule has 0 fully saturated rings. The molecule has 1 aliphatic heterocycles. The Hall–Kier alpha value is -3.52. The van der Waals surface area contributed by atoms with E-state index in [1.54, 1.807) is 6.07 Å². The van der Waals surface area contributed by atoms with Gasteiger partial charge in [-0.25, -0.2) is 13.8 Å². The van der Waals surface area contributed by atoms with Gasteiger partial charge < -0.3 is 21.1 Å². The first-order valence-corrected chi connectivity index (χ1v) is 10.8. The van der Waals surface area contributed by atoms with E-state index in [2.05, 4.69) is 20.9 Å². The third-order valence-corrected chi connectivity index (χ3v) is 5.84. The highest BCUT2D eigenvalue weighted by molar-refractivity contribution is 5.70. The largest absolute Gasteiger partial charge is 0.481 e. The van der Waals surface area contributed by atoms with Crippen molar-refractivity contribution in [2.45, 2.75) is 31.3 Å². The zero-order valence-electron chi connectivity index (χ0n) is 18.2. The molecule has 3 atom stereocenters. The molecule has 0 unspecified atom stereocenters. The Balaban J connectivity index is 1.52. The molecule has 172 valence electrons. The Bertz CT molecular complexity index is 1130. The Kier molecular flexibility index (Phi) is 6.84. The van der Waals surface area contributed by atoms with E-state index in [1.807, 2.05) is 37.3 Å². The van der Waals surface area contributed by atoms with Crippen LogP contribution in [0.5, 0.6) is 0 Å². The molecule has 0 radical (unpaired) electrons. The predicted octanol–water partition coefficient (Wildman–Crippen LogP) is 4.33. The number of rotatable bonds is 8. The first kappa shape index (κ1) is 22.7. The van der Waals surface area contributed by atoms with Crippen molar-refractivity contribution in [1.29, 1.82) is 0 Å². The monoisotopic (exact) mass is 452 g/mol. The predicted molar refractivity (Wildman–Crippen MR) is 123 cm³/mol. The van der Waals surface area contributed by atoms with Gasteiger partial charge >= 0.3 is 5.97 Å². The zero-order valence-corrected chi connectivity index (χ0v) is 18.2. The average Bonchev–Trinajstić information content (AvgIpc) is 2.80. The number of carboxylic acids is 1. The summed E-state index contributed by atoms with van der Waals surface area (Å²) in [5.41, 5.74) is 2.71. The van der Waals surface area contributed by atoms with Crippen LogP contribution in [0.1, 0.15) is 35.6 Å². The fourth-order valence-electron chi connectivity index (χ4n) is 4.16. The Morgan fingerprint density at radius 2 is 2.00 bits per heavy atom. The molecule has 0 saturated heterocycles. The van der Waals surface area contributed by atoms with Crippen LogP contribution < -0.4 is 16.0 Å². The van der Waals surface area contributed by atoms with Crippen LogP contribution in [-0.4, -0.2) is 35.2 Å². The Morgan fingerprint density at radius 1 is 1.21 bits per heavy atom. The van der Waals surface area contributed by atoms with Crippen molar-refractivity contribution in [3.63, 3.8) is 0 Å². The first-order chi connectivity index (χ1) is 15.9. The van der Waals surface area contributed by atoms with E-state index < -0.39 is 11.8 Å². The molecule has 1 aliphatic rings. The maximum Gasteiger partial charge on any atom is 0.307 e. The summed E-state index contributed by atoms with van der Waals surface area (Å²) in [5.74, 6) is -1.32. The second kappa shape index (κ2) is 9.95. The molecule has 1 aromatic heterocycles. The molecule has 4 N–H and O–H groups in total. The molecule has 4 rings (SSSR count). The molecule has 0 amide bonds. The van der Waals surface area contributed by atoms with Gasteiger partial charge in [0, 0.05) is 19.2 Å². The maximum absolute atomic E-state index is 14.5. The molecule has 0 bridgehead atoms. The van der Waals surface area contributed by atoms with E-state index in [4.69, 9.17) is 5.11 Å². The van der Waals surface area contributed by atoms with Gasteiger partial charge in [0.15, 0.2) is 0 Å². The topological polar surface area (TPSA) is 86.3 Å². The maximum atomic E-state index is 14.5. The number of hydrogen-bond donors (Lipinski definition) is 4. The van der Waals surface area contributed by atoms with Crippen LogP contribution in [0, 0.1) is 11.6 Å². The van der Waals surface area contributed by atoms with Crippen LogP contribution in [0.4, 0.5) is 20.3 Å². The quantitative estimate of drug-likeness (QED) is 0.407. The molecule has 2 aromatic carbocycles. The summed E-state index contributed by atoms with van der Waals surface area (Å²) in [6.07, 6.45) is 1.03. The van der Waals surface area contributed by atoms with E-state index in [9.17, 15) is 13.6 Å². The van der Waals surface area contributed by atoms with Crippen LogP contribution in [0.25, 0.3) is 0 Å². The van der Waals surface area contributed by atoms with Crippen molar-refractivity contribution in [2.24, 2.45) is 0 Å². The Labute approximate surface area is 191 Å². The van der Waals surface area contributed by atoms with Crippen LogP contribution in [0.15, 0.2) is 60.8 Å². The van der Waals surface area contributed by atoms with Gasteiger partial charge in [-0.2, -0.15) is 0 Å². The standard InChI is InChI=1S/C25H26F2N4O2/c1-15(19-9-16(10-23(32)33)7-8-20(19)27)12-29-24(17-5-3-2-4-6-17)22-14-28-21-11-18(26)13-30-25(21)31-22/h2-9,11,13,15,22,24,28-29H,10,12,14H2,1H3,(H,30,31)(H,32,33)/t15-,22-,24-/m1/s1. The highest BCUT2D eigenvalue weighted by Gasteiger charge is 2.28. The number of halogens is 2. The number of pyridine rings is 1. The van der Waals surface area contributed by atoms with Gasteiger partial charge in [-0.3, -0.25) is 4.79 Å². The van der Waals surface area contributed by atoms with Gasteiger partial charge in [0.25, 0.3) is 0 Å². The smallest absolute Gasteiger partial charge is 0.307 e. The minimum atomic E-state index is -0.952. The highest BCUT2D eigenvalue weighted by Crippen LogP contribution is 2.30. The summed E-state index contributed by atoms with van der Waals surface area (Å²) < 4.78 is 28.0. The second-order valence-corrected chi connectivity index (χ2v) is 8.31. The van der Waals surface area contributed by atoms with E-state index in [0.717, 1.165) is 5.56 Å². The number of carbonyl (C=O) groups is 1. The zero-order chi connectivity index (χ0) is 23.4. The number of aromatic nitrogens is 1. The molecule has 2 heterocycles. The van der Waals surface area contributed by atoms with Crippen LogP contribution in [0.3, 0.4) is 0 Å². The van der Waals surface area contributed by atoms with Gasteiger partial charge in [0.1, 0.15) is 17.5 Å². The molecule has 3 aromatic rings. The molecule has 8 heteroatoms. The van der Waals surface area contributed by atoms with E-state index in [0.29, 0.717) is 35.7 Å². The lowest BCUT2D eigenvalue weighted by atomic mass is 9.94. The molecule has 6 nitrogen and oxygen atoms in total. The van der Waals surface area contributed by atoms with Gasteiger partial charge in [-0.05, 0) is 28.7 Å². The summed E-state index contributed by atoms with van der Waals surface area (Å²) >= 11 is 0.